The van der Waals surface area contributed by atoms with Gasteiger partial charge in [-0.3, -0.25) is 9.40 Å². The molecule has 0 amide bonds. The van der Waals surface area contributed by atoms with Gasteiger partial charge in [0.15, 0.2) is 5.82 Å². The fraction of sp³-hybridized carbons (Fsp3) is 0.375. The Labute approximate surface area is 147 Å². The highest BCUT2D eigenvalue weighted by Crippen LogP contribution is 2.30. The molecule has 0 saturated heterocycles. The first-order valence-corrected chi connectivity index (χ1v) is 8.86. The maximum absolute atomic E-state index is 12.8. The fourth-order valence-corrected chi connectivity index (χ4v) is 3.25. The van der Waals surface area contributed by atoms with Crippen LogP contribution < -0.4 is 14.2 Å². The van der Waals surface area contributed by atoms with Gasteiger partial charge in [0.25, 0.3) is 10.0 Å². The Balaban J connectivity index is 2.50. The summed E-state index contributed by atoms with van der Waals surface area (Å²) in [4.78, 5) is -0.108. The first-order valence-electron chi connectivity index (χ1n) is 7.37. The van der Waals surface area contributed by atoms with Crippen molar-refractivity contribution in [3.8, 4) is 17.6 Å². The third kappa shape index (κ3) is 3.85. The summed E-state index contributed by atoms with van der Waals surface area (Å²) >= 11 is 0. The topological polar surface area (TPSA) is 106 Å². The minimum atomic E-state index is -4.04. The van der Waals surface area contributed by atoms with Gasteiger partial charge in [0.2, 0.25) is 0 Å². The first kappa shape index (κ1) is 18.6. The second-order valence-electron chi connectivity index (χ2n) is 6.24. The van der Waals surface area contributed by atoms with Gasteiger partial charge in [0.05, 0.1) is 19.8 Å². The molecule has 9 heteroatoms. The molecule has 0 spiro atoms. The van der Waals surface area contributed by atoms with E-state index in [0.717, 1.165) is 0 Å². The zero-order chi connectivity index (χ0) is 18.8. The molecule has 0 aliphatic heterocycles. The Kier molecular flexibility index (Phi) is 4.94. The van der Waals surface area contributed by atoms with E-state index in [1.54, 1.807) is 6.07 Å². The molecule has 0 aliphatic carbocycles. The number of hydrogen-bond donors (Lipinski definition) is 1. The molecule has 0 bridgehead atoms. The Hall–Kier alpha value is -2.73. The molecule has 0 fully saturated rings. The average Bonchev–Trinajstić information content (AvgIpc) is 2.96. The summed E-state index contributed by atoms with van der Waals surface area (Å²) in [5.74, 6) is 0.478. The van der Waals surface area contributed by atoms with Gasteiger partial charge in [-0.05, 0) is 32.9 Å². The Morgan fingerprint density at radius 2 is 1.92 bits per heavy atom. The molecule has 0 unspecified atom stereocenters. The van der Waals surface area contributed by atoms with Gasteiger partial charge >= 0.3 is 0 Å². The Morgan fingerprint density at radius 1 is 1.24 bits per heavy atom. The van der Waals surface area contributed by atoms with E-state index in [1.165, 1.54) is 37.2 Å². The molecule has 0 radical (unpaired) electrons. The molecule has 134 valence electrons. The predicted molar refractivity (Wildman–Crippen MR) is 92.3 cm³/mol. The second kappa shape index (κ2) is 6.64. The van der Waals surface area contributed by atoms with E-state index in [0.29, 0.717) is 5.75 Å². The molecule has 25 heavy (non-hydrogen) atoms. The van der Waals surface area contributed by atoms with E-state index >= 15 is 0 Å². The minimum Gasteiger partial charge on any atom is -0.497 e. The average molecular weight is 364 g/mol. The first-order chi connectivity index (χ1) is 11.6. The number of nitrogens with zero attached hydrogens (tertiary/aromatic N) is 3. The Bertz CT molecular complexity index is 921. The smallest absolute Gasteiger partial charge is 0.266 e. The summed E-state index contributed by atoms with van der Waals surface area (Å²) in [6.45, 7) is 5.68. The number of sulfonamides is 1. The van der Waals surface area contributed by atoms with Crippen molar-refractivity contribution in [1.82, 2.24) is 9.78 Å². The standard InChI is InChI=1S/C16H20N4O4S/c1-16(2,3)20-10-11(9-17)15(18-20)19-25(21,22)14-8-12(23-4)6-7-13(14)24-5/h6-8,10H,1-5H3,(H,18,19). The lowest BCUT2D eigenvalue weighted by Gasteiger charge is -2.18. The summed E-state index contributed by atoms with van der Waals surface area (Å²) < 4.78 is 39.6. The van der Waals surface area contributed by atoms with Crippen molar-refractivity contribution in [3.05, 3.63) is 30.0 Å². The van der Waals surface area contributed by atoms with Crippen LogP contribution >= 0.6 is 0 Å². The van der Waals surface area contributed by atoms with Crippen molar-refractivity contribution in [1.29, 1.82) is 5.26 Å². The van der Waals surface area contributed by atoms with Gasteiger partial charge in [-0.2, -0.15) is 10.4 Å². The number of rotatable bonds is 5. The van der Waals surface area contributed by atoms with Crippen LogP contribution in [0.5, 0.6) is 11.5 Å². The second-order valence-corrected chi connectivity index (χ2v) is 7.89. The van der Waals surface area contributed by atoms with Crippen LogP contribution in [0.2, 0.25) is 0 Å². The Morgan fingerprint density at radius 3 is 2.44 bits per heavy atom. The molecule has 0 atom stereocenters. The normalized spacial score (nSPS) is 11.7. The third-order valence-electron chi connectivity index (χ3n) is 3.41. The van der Waals surface area contributed by atoms with Crippen LogP contribution in [0.4, 0.5) is 5.82 Å². The lowest BCUT2D eigenvalue weighted by Crippen LogP contribution is -2.22. The monoisotopic (exact) mass is 364 g/mol. The van der Waals surface area contributed by atoms with Crippen molar-refractivity contribution in [2.45, 2.75) is 31.2 Å². The van der Waals surface area contributed by atoms with Crippen molar-refractivity contribution in [2.75, 3.05) is 18.9 Å². The molecule has 8 nitrogen and oxygen atoms in total. The van der Waals surface area contributed by atoms with E-state index in [2.05, 4.69) is 9.82 Å². The zero-order valence-corrected chi connectivity index (χ0v) is 15.5. The number of nitrogens with one attached hydrogen (secondary N) is 1. The number of aromatic nitrogens is 2. The third-order valence-corrected chi connectivity index (χ3v) is 4.77. The van der Waals surface area contributed by atoms with Crippen molar-refractivity contribution >= 4 is 15.8 Å². The largest absolute Gasteiger partial charge is 0.497 e. The van der Waals surface area contributed by atoms with Crippen LogP contribution in [0, 0.1) is 11.3 Å². The van der Waals surface area contributed by atoms with Crippen LogP contribution in [0.1, 0.15) is 26.3 Å². The maximum atomic E-state index is 12.8. The van der Waals surface area contributed by atoms with Crippen LogP contribution in [0.25, 0.3) is 0 Å². The number of anilines is 1. The molecular formula is C16H20N4O4S. The van der Waals surface area contributed by atoms with Crippen LogP contribution in [0.3, 0.4) is 0 Å². The lowest BCUT2D eigenvalue weighted by atomic mass is 10.1. The van der Waals surface area contributed by atoms with Gasteiger partial charge < -0.3 is 9.47 Å². The van der Waals surface area contributed by atoms with Crippen LogP contribution in [-0.2, 0) is 15.6 Å². The fourth-order valence-electron chi connectivity index (χ4n) is 2.05. The van der Waals surface area contributed by atoms with E-state index in [-0.39, 0.29) is 22.0 Å². The summed E-state index contributed by atoms with van der Waals surface area (Å²) in [5, 5.41) is 13.5. The molecule has 1 aromatic heterocycles. The van der Waals surface area contributed by atoms with Gasteiger partial charge in [0.1, 0.15) is 28.0 Å². The summed E-state index contributed by atoms with van der Waals surface area (Å²) in [6, 6.07) is 6.37. The quantitative estimate of drug-likeness (QED) is 0.873. The van der Waals surface area contributed by atoms with E-state index in [1.807, 2.05) is 26.8 Å². The summed E-state index contributed by atoms with van der Waals surface area (Å²) in [7, 11) is -1.23. The molecule has 1 N–H and O–H groups in total. The maximum Gasteiger partial charge on any atom is 0.266 e. The zero-order valence-electron chi connectivity index (χ0n) is 14.7. The minimum absolute atomic E-state index is 0.0395. The van der Waals surface area contributed by atoms with Crippen molar-refractivity contribution in [2.24, 2.45) is 0 Å². The van der Waals surface area contributed by atoms with E-state index < -0.39 is 15.6 Å². The van der Waals surface area contributed by atoms with Crippen LogP contribution in [0.15, 0.2) is 29.3 Å². The molecule has 0 saturated carbocycles. The number of nitriles is 1. The number of benzene rings is 1. The molecule has 2 rings (SSSR count). The number of ether oxygens (including phenoxy) is 2. The highest BCUT2D eigenvalue weighted by atomic mass is 32.2. The van der Waals surface area contributed by atoms with Crippen molar-refractivity contribution < 1.29 is 17.9 Å². The highest BCUT2D eigenvalue weighted by Gasteiger charge is 2.25. The van der Waals surface area contributed by atoms with Gasteiger partial charge in [-0.1, -0.05) is 0 Å². The molecule has 1 aromatic carbocycles. The lowest BCUT2D eigenvalue weighted by molar-refractivity contribution is 0.356. The predicted octanol–water partition coefficient (Wildman–Crippen LogP) is 2.33. The molecular weight excluding hydrogens is 344 g/mol. The van der Waals surface area contributed by atoms with Gasteiger partial charge in [0, 0.05) is 12.3 Å². The molecule has 2 aromatic rings. The summed E-state index contributed by atoms with van der Waals surface area (Å²) in [5.41, 5.74) is -0.275. The number of methoxy groups -OCH3 is 2. The van der Waals surface area contributed by atoms with Gasteiger partial charge in [-0.25, -0.2) is 8.42 Å². The van der Waals surface area contributed by atoms with E-state index in [9.17, 15) is 13.7 Å². The SMILES string of the molecule is COc1ccc(OC)c(S(=O)(=O)Nc2nn(C(C)(C)C)cc2C#N)c1. The molecule has 1 heterocycles. The summed E-state index contributed by atoms with van der Waals surface area (Å²) in [6.07, 6.45) is 1.50. The van der Waals surface area contributed by atoms with Crippen molar-refractivity contribution in [3.63, 3.8) is 0 Å². The molecule has 0 aliphatic rings. The van der Waals surface area contributed by atoms with Gasteiger partial charge in [-0.15, -0.1) is 0 Å². The van der Waals surface area contributed by atoms with Crippen LogP contribution in [-0.4, -0.2) is 32.4 Å². The number of hydrogen-bond acceptors (Lipinski definition) is 6. The van der Waals surface area contributed by atoms with E-state index in [4.69, 9.17) is 9.47 Å². The highest BCUT2D eigenvalue weighted by molar-refractivity contribution is 7.92.